The summed E-state index contributed by atoms with van der Waals surface area (Å²) in [6.45, 7) is 9.20. The maximum atomic E-state index is 11.8. The normalized spacial score (nSPS) is 27.9. The third-order valence-corrected chi connectivity index (χ3v) is 2.76. The van der Waals surface area contributed by atoms with Gasteiger partial charge in [0, 0.05) is 12.3 Å². The van der Waals surface area contributed by atoms with E-state index in [9.17, 15) is 4.79 Å². The zero-order chi connectivity index (χ0) is 14.0. The summed E-state index contributed by atoms with van der Waals surface area (Å²) < 4.78 is 16.6. The van der Waals surface area contributed by atoms with Gasteiger partial charge in [-0.05, 0) is 34.6 Å². The first-order chi connectivity index (χ1) is 8.11. The van der Waals surface area contributed by atoms with Crippen LogP contribution in [-0.2, 0) is 19.0 Å². The van der Waals surface area contributed by atoms with E-state index < -0.39 is 11.4 Å². The summed E-state index contributed by atoms with van der Waals surface area (Å²) in [5.74, 6) is -0.555. The molecule has 0 radical (unpaired) electrons. The van der Waals surface area contributed by atoms with Crippen LogP contribution in [0.5, 0.6) is 0 Å². The van der Waals surface area contributed by atoms with Crippen LogP contribution in [0, 0.1) is 0 Å². The average Bonchev–Trinajstić information content (AvgIpc) is 2.11. The maximum Gasteiger partial charge on any atom is 0.308 e. The molecule has 0 unspecified atom stereocenters. The second kappa shape index (κ2) is 5.76. The predicted octanol–water partition coefficient (Wildman–Crippen LogP) is 2.87. The third kappa shape index (κ3) is 5.55. The first-order valence-electron chi connectivity index (χ1n) is 6.25. The number of rotatable bonds is 3. The van der Waals surface area contributed by atoms with Crippen LogP contribution in [0.1, 0.15) is 47.5 Å². The second-order valence-corrected chi connectivity index (χ2v) is 6.37. The standard InChI is InChI=1S/C13H23ClO4/c1-12(2,3)18-11(15)7-9-6-10(8-14)17-13(4,5)16-9/h9-10H,6-8H2,1-5H3/t9-,10-/m0/s1. The Bertz CT molecular complexity index is 296. The fourth-order valence-electron chi connectivity index (χ4n) is 2.01. The summed E-state index contributed by atoms with van der Waals surface area (Å²) in [5, 5.41) is 0. The molecule has 1 saturated heterocycles. The minimum Gasteiger partial charge on any atom is -0.460 e. The van der Waals surface area contributed by atoms with Crippen molar-refractivity contribution in [3.8, 4) is 0 Å². The van der Waals surface area contributed by atoms with Crippen molar-refractivity contribution in [2.24, 2.45) is 0 Å². The van der Waals surface area contributed by atoms with Gasteiger partial charge in [0.25, 0.3) is 0 Å². The van der Waals surface area contributed by atoms with Gasteiger partial charge in [-0.25, -0.2) is 0 Å². The van der Waals surface area contributed by atoms with Crippen LogP contribution >= 0.6 is 11.6 Å². The number of hydrogen-bond donors (Lipinski definition) is 0. The molecule has 0 aromatic rings. The van der Waals surface area contributed by atoms with Crippen molar-refractivity contribution in [2.45, 2.75) is 71.1 Å². The highest BCUT2D eigenvalue weighted by atomic mass is 35.5. The van der Waals surface area contributed by atoms with Crippen molar-refractivity contribution < 1.29 is 19.0 Å². The summed E-state index contributed by atoms with van der Waals surface area (Å²) in [7, 11) is 0. The Hall–Kier alpha value is -0.320. The van der Waals surface area contributed by atoms with E-state index in [1.54, 1.807) is 0 Å². The molecule has 18 heavy (non-hydrogen) atoms. The van der Waals surface area contributed by atoms with Crippen molar-refractivity contribution in [3.05, 3.63) is 0 Å². The summed E-state index contributed by atoms with van der Waals surface area (Å²) in [5.41, 5.74) is -0.469. The van der Waals surface area contributed by atoms with Gasteiger partial charge in [0.2, 0.25) is 0 Å². The maximum absolute atomic E-state index is 11.8. The fourth-order valence-corrected chi connectivity index (χ4v) is 2.20. The van der Waals surface area contributed by atoms with Crippen LogP contribution < -0.4 is 0 Å². The molecular weight excluding hydrogens is 256 g/mol. The summed E-state index contributed by atoms with van der Waals surface area (Å²) in [4.78, 5) is 11.8. The minimum atomic E-state index is -0.704. The molecule has 0 saturated carbocycles. The molecule has 1 aliphatic heterocycles. The summed E-state index contributed by atoms with van der Waals surface area (Å²) >= 11 is 5.82. The zero-order valence-corrected chi connectivity index (χ0v) is 12.5. The van der Waals surface area contributed by atoms with Crippen molar-refractivity contribution in [1.82, 2.24) is 0 Å². The topological polar surface area (TPSA) is 44.8 Å². The Kier molecular flexibility index (Phi) is 5.04. The number of hydrogen-bond acceptors (Lipinski definition) is 4. The first-order valence-corrected chi connectivity index (χ1v) is 6.78. The van der Waals surface area contributed by atoms with Crippen LogP contribution in [0.4, 0.5) is 0 Å². The van der Waals surface area contributed by atoms with E-state index >= 15 is 0 Å². The van der Waals surface area contributed by atoms with Crippen molar-refractivity contribution in [1.29, 1.82) is 0 Å². The lowest BCUT2D eigenvalue weighted by Gasteiger charge is -2.40. The molecule has 0 aromatic heterocycles. The van der Waals surface area contributed by atoms with E-state index in [-0.39, 0.29) is 24.6 Å². The predicted molar refractivity (Wildman–Crippen MR) is 69.6 cm³/mol. The molecule has 0 aromatic carbocycles. The molecule has 1 aliphatic rings. The SMILES string of the molecule is CC(C)(C)OC(=O)C[C@@H]1C[C@@H](CCl)OC(C)(C)O1. The van der Waals surface area contributed by atoms with Gasteiger partial charge in [0.05, 0.1) is 18.6 Å². The van der Waals surface area contributed by atoms with E-state index in [1.807, 2.05) is 34.6 Å². The Morgan fingerprint density at radius 1 is 1.33 bits per heavy atom. The quantitative estimate of drug-likeness (QED) is 0.588. The third-order valence-electron chi connectivity index (χ3n) is 2.41. The first kappa shape index (κ1) is 15.7. The molecule has 106 valence electrons. The Balaban J connectivity index is 2.53. The van der Waals surface area contributed by atoms with E-state index in [1.165, 1.54) is 0 Å². The molecule has 1 fully saturated rings. The van der Waals surface area contributed by atoms with Crippen LogP contribution in [0.15, 0.2) is 0 Å². The largest absolute Gasteiger partial charge is 0.460 e. The van der Waals surface area contributed by atoms with Gasteiger partial charge in [-0.15, -0.1) is 11.6 Å². The Labute approximate surface area is 114 Å². The van der Waals surface area contributed by atoms with E-state index in [2.05, 4.69) is 0 Å². The highest BCUT2D eigenvalue weighted by molar-refractivity contribution is 6.18. The number of halogens is 1. The van der Waals surface area contributed by atoms with Crippen molar-refractivity contribution in [3.63, 3.8) is 0 Å². The Morgan fingerprint density at radius 2 is 1.89 bits per heavy atom. The van der Waals surface area contributed by atoms with Gasteiger partial charge in [0.15, 0.2) is 5.79 Å². The van der Waals surface area contributed by atoms with Gasteiger partial charge in [0.1, 0.15) is 5.60 Å². The van der Waals surface area contributed by atoms with Crippen molar-refractivity contribution >= 4 is 17.6 Å². The number of carbonyl (C=O) groups is 1. The monoisotopic (exact) mass is 278 g/mol. The molecule has 4 nitrogen and oxygen atoms in total. The lowest BCUT2D eigenvalue weighted by atomic mass is 10.1. The molecule has 2 atom stereocenters. The molecule has 5 heteroatoms. The van der Waals surface area contributed by atoms with E-state index in [0.29, 0.717) is 12.3 Å². The van der Waals surface area contributed by atoms with Gasteiger partial charge < -0.3 is 14.2 Å². The number of alkyl halides is 1. The molecule has 0 bridgehead atoms. The summed E-state index contributed by atoms with van der Waals surface area (Å²) in [6, 6.07) is 0. The van der Waals surface area contributed by atoms with E-state index in [4.69, 9.17) is 25.8 Å². The van der Waals surface area contributed by atoms with Gasteiger partial charge in [-0.1, -0.05) is 0 Å². The molecule has 0 amide bonds. The Morgan fingerprint density at radius 3 is 2.39 bits per heavy atom. The zero-order valence-electron chi connectivity index (χ0n) is 11.8. The second-order valence-electron chi connectivity index (χ2n) is 6.06. The lowest BCUT2D eigenvalue weighted by molar-refractivity contribution is -0.295. The van der Waals surface area contributed by atoms with Gasteiger partial charge >= 0.3 is 5.97 Å². The van der Waals surface area contributed by atoms with Gasteiger partial charge in [-0.2, -0.15) is 0 Å². The van der Waals surface area contributed by atoms with E-state index in [0.717, 1.165) is 0 Å². The fraction of sp³-hybridized carbons (Fsp3) is 0.923. The highest BCUT2D eigenvalue weighted by Crippen LogP contribution is 2.29. The summed E-state index contributed by atoms with van der Waals surface area (Å²) in [6.07, 6.45) is 0.569. The molecular formula is C13H23ClO4. The van der Waals surface area contributed by atoms with Crippen molar-refractivity contribution in [2.75, 3.05) is 5.88 Å². The van der Waals surface area contributed by atoms with Gasteiger partial charge in [-0.3, -0.25) is 4.79 Å². The molecule has 0 N–H and O–H groups in total. The molecule has 1 rings (SSSR count). The number of ether oxygens (including phenoxy) is 3. The lowest BCUT2D eigenvalue weighted by Crippen LogP contribution is -2.46. The molecule has 0 spiro atoms. The van der Waals surface area contributed by atoms with Crippen LogP contribution in [0.25, 0.3) is 0 Å². The van der Waals surface area contributed by atoms with Crippen LogP contribution in [0.3, 0.4) is 0 Å². The minimum absolute atomic E-state index is 0.0807. The smallest absolute Gasteiger partial charge is 0.308 e. The molecule has 0 aliphatic carbocycles. The van der Waals surface area contributed by atoms with Crippen LogP contribution in [0.2, 0.25) is 0 Å². The number of esters is 1. The molecule has 1 heterocycles. The van der Waals surface area contributed by atoms with Crippen LogP contribution in [-0.4, -0.2) is 35.4 Å². The number of carbonyl (C=O) groups excluding carboxylic acids is 1. The average molecular weight is 279 g/mol. The highest BCUT2D eigenvalue weighted by Gasteiger charge is 2.36.